The van der Waals surface area contributed by atoms with Gasteiger partial charge < -0.3 is 20.5 Å². The monoisotopic (exact) mass is 370 g/mol. The number of methoxy groups -OCH3 is 1. The van der Waals surface area contributed by atoms with Crippen molar-refractivity contribution in [2.45, 2.75) is 0 Å². The Kier molecular flexibility index (Phi) is 5.76. The summed E-state index contributed by atoms with van der Waals surface area (Å²) >= 11 is 5.84. The Morgan fingerprint density at radius 3 is 2.48 bits per heavy atom. The fraction of sp³-hybridized carbons (Fsp3) is 0.125. The van der Waals surface area contributed by atoms with Crippen LogP contribution in [0.15, 0.2) is 30.3 Å². The second kappa shape index (κ2) is 7.80. The van der Waals surface area contributed by atoms with E-state index in [9.17, 15) is 18.4 Å². The van der Waals surface area contributed by atoms with E-state index < -0.39 is 35.8 Å². The molecule has 0 aliphatic carbocycles. The quantitative estimate of drug-likeness (QED) is 0.623. The van der Waals surface area contributed by atoms with Crippen LogP contribution in [-0.4, -0.2) is 25.6 Å². The number of amides is 1. The minimum absolute atomic E-state index is 0.0495. The Hall–Kier alpha value is -2.87. The average molecular weight is 371 g/mol. The van der Waals surface area contributed by atoms with Crippen LogP contribution in [0.4, 0.5) is 20.2 Å². The summed E-state index contributed by atoms with van der Waals surface area (Å²) in [4.78, 5) is 23.8. The third-order valence-corrected chi connectivity index (χ3v) is 3.43. The topological polar surface area (TPSA) is 90.7 Å². The molecule has 0 atom stereocenters. The first-order chi connectivity index (χ1) is 11.8. The first kappa shape index (κ1) is 18.5. The number of rotatable bonds is 5. The van der Waals surface area contributed by atoms with Gasteiger partial charge in [0.25, 0.3) is 5.91 Å². The van der Waals surface area contributed by atoms with Gasteiger partial charge in [0.1, 0.15) is 28.6 Å². The highest BCUT2D eigenvalue weighted by molar-refractivity contribution is 6.33. The number of nitrogen functional groups attached to an aromatic ring is 1. The number of carbonyl (C=O) groups excluding carboxylic acids is 2. The van der Waals surface area contributed by atoms with Crippen LogP contribution in [0.1, 0.15) is 10.4 Å². The number of halogens is 3. The number of esters is 1. The van der Waals surface area contributed by atoms with Crippen molar-refractivity contribution >= 4 is 34.9 Å². The third-order valence-electron chi connectivity index (χ3n) is 3.10. The van der Waals surface area contributed by atoms with Gasteiger partial charge in [-0.15, -0.1) is 0 Å². The number of hydrogen-bond acceptors (Lipinski definition) is 5. The molecule has 0 saturated carbocycles. The van der Waals surface area contributed by atoms with Gasteiger partial charge in [0, 0.05) is 6.07 Å². The van der Waals surface area contributed by atoms with Gasteiger partial charge >= 0.3 is 5.97 Å². The zero-order valence-electron chi connectivity index (χ0n) is 12.9. The predicted octanol–water partition coefficient (Wildman–Crippen LogP) is 3.00. The number of ether oxygens (including phenoxy) is 2. The van der Waals surface area contributed by atoms with Crippen LogP contribution < -0.4 is 15.8 Å². The first-order valence-corrected chi connectivity index (χ1v) is 7.25. The lowest BCUT2D eigenvalue weighted by atomic mass is 10.2. The van der Waals surface area contributed by atoms with E-state index in [-0.39, 0.29) is 22.0 Å². The van der Waals surface area contributed by atoms with Gasteiger partial charge in [-0.25, -0.2) is 13.6 Å². The van der Waals surface area contributed by atoms with Crippen molar-refractivity contribution in [2.75, 3.05) is 24.8 Å². The lowest BCUT2D eigenvalue weighted by molar-refractivity contribution is -0.119. The van der Waals surface area contributed by atoms with Crippen molar-refractivity contribution in [2.24, 2.45) is 0 Å². The number of nitrogens with two attached hydrogens (primary N) is 1. The molecule has 9 heteroatoms. The zero-order chi connectivity index (χ0) is 18.6. The number of benzene rings is 2. The van der Waals surface area contributed by atoms with Crippen LogP contribution in [0, 0.1) is 11.6 Å². The van der Waals surface area contributed by atoms with E-state index >= 15 is 0 Å². The molecule has 0 bridgehead atoms. The molecule has 2 aromatic rings. The van der Waals surface area contributed by atoms with Crippen molar-refractivity contribution in [3.63, 3.8) is 0 Å². The molecule has 0 aromatic heterocycles. The van der Waals surface area contributed by atoms with Gasteiger partial charge in [0.15, 0.2) is 6.61 Å². The molecule has 25 heavy (non-hydrogen) atoms. The number of hydrogen-bond donors (Lipinski definition) is 2. The summed E-state index contributed by atoms with van der Waals surface area (Å²) in [5.74, 6) is -3.63. The van der Waals surface area contributed by atoms with Gasteiger partial charge in [-0.05, 0) is 18.2 Å². The van der Waals surface area contributed by atoms with E-state index in [0.717, 1.165) is 18.2 Å². The Morgan fingerprint density at radius 2 is 1.88 bits per heavy atom. The maximum atomic E-state index is 13.5. The summed E-state index contributed by atoms with van der Waals surface area (Å²) in [6.45, 7) is -0.766. The summed E-state index contributed by atoms with van der Waals surface area (Å²) < 4.78 is 36.7. The minimum Gasteiger partial charge on any atom is -0.496 e. The summed E-state index contributed by atoms with van der Waals surface area (Å²) in [5.41, 5.74) is 5.12. The fourth-order valence-corrected chi connectivity index (χ4v) is 2.06. The lowest BCUT2D eigenvalue weighted by Gasteiger charge is -2.11. The fourth-order valence-electron chi connectivity index (χ4n) is 1.90. The highest BCUT2D eigenvalue weighted by Crippen LogP contribution is 2.29. The average Bonchev–Trinajstić information content (AvgIpc) is 2.58. The van der Waals surface area contributed by atoms with Crippen molar-refractivity contribution < 1.29 is 27.8 Å². The van der Waals surface area contributed by atoms with Crippen LogP contribution in [-0.2, 0) is 9.53 Å². The number of nitrogens with one attached hydrogen (secondary N) is 1. The van der Waals surface area contributed by atoms with Gasteiger partial charge in [0.05, 0.1) is 17.8 Å². The molecule has 0 aliphatic rings. The van der Waals surface area contributed by atoms with E-state index in [1.54, 1.807) is 0 Å². The molecule has 132 valence electrons. The number of anilines is 2. The van der Waals surface area contributed by atoms with Crippen molar-refractivity contribution in [1.29, 1.82) is 0 Å². The Labute approximate surface area is 146 Å². The van der Waals surface area contributed by atoms with Crippen LogP contribution in [0.25, 0.3) is 0 Å². The zero-order valence-corrected chi connectivity index (χ0v) is 13.7. The Balaban J connectivity index is 2.05. The molecule has 0 radical (unpaired) electrons. The molecule has 3 N–H and O–H groups in total. The molecule has 2 aromatic carbocycles. The Bertz CT molecular complexity index is 810. The predicted molar refractivity (Wildman–Crippen MR) is 87.7 cm³/mol. The van der Waals surface area contributed by atoms with Crippen LogP contribution in [0.3, 0.4) is 0 Å². The van der Waals surface area contributed by atoms with Gasteiger partial charge in [-0.2, -0.15) is 0 Å². The molecule has 6 nitrogen and oxygen atoms in total. The van der Waals surface area contributed by atoms with Crippen LogP contribution in [0.2, 0.25) is 5.02 Å². The summed E-state index contributed by atoms with van der Waals surface area (Å²) in [5, 5.41) is 2.09. The first-order valence-electron chi connectivity index (χ1n) is 6.87. The maximum absolute atomic E-state index is 13.5. The molecule has 0 unspecified atom stereocenters. The summed E-state index contributed by atoms with van der Waals surface area (Å²) in [6, 6.07) is 5.66. The largest absolute Gasteiger partial charge is 0.496 e. The van der Waals surface area contributed by atoms with Crippen LogP contribution >= 0.6 is 11.6 Å². The summed E-state index contributed by atoms with van der Waals surface area (Å²) in [7, 11) is 1.31. The van der Waals surface area contributed by atoms with Gasteiger partial charge in [-0.1, -0.05) is 17.7 Å². The van der Waals surface area contributed by atoms with Crippen molar-refractivity contribution in [3.8, 4) is 5.75 Å². The van der Waals surface area contributed by atoms with Crippen molar-refractivity contribution in [1.82, 2.24) is 0 Å². The number of para-hydroxylation sites is 1. The molecule has 0 heterocycles. The normalized spacial score (nSPS) is 10.2. The number of carbonyl (C=O) groups is 2. The highest BCUT2D eigenvalue weighted by atomic mass is 35.5. The third kappa shape index (κ3) is 4.36. The Morgan fingerprint density at radius 1 is 1.24 bits per heavy atom. The molecular formula is C16H13ClF2N2O4. The molecule has 0 spiro atoms. The molecule has 0 saturated heterocycles. The smallest absolute Gasteiger partial charge is 0.342 e. The van der Waals surface area contributed by atoms with E-state index in [1.807, 2.05) is 5.32 Å². The standard InChI is InChI=1S/C16H13ClF2N2O4/c1-24-13-6-12(20)9(17)5-8(13)16(23)25-7-14(22)21-15-10(18)3-2-4-11(15)19/h2-6H,7,20H2,1H3,(H,21,22). The highest BCUT2D eigenvalue weighted by Gasteiger charge is 2.18. The van der Waals surface area contributed by atoms with E-state index in [4.69, 9.17) is 26.8 Å². The minimum atomic E-state index is -0.952. The van der Waals surface area contributed by atoms with E-state index in [0.29, 0.717) is 0 Å². The van der Waals surface area contributed by atoms with E-state index in [1.165, 1.54) is 19.2 Å². The SMILES string of the molecule is COc1cc(N)c(Cl)cc1C(=O)OCC(=O)Nc1c(F)cccc1F. The van der Waals surface area contributed by atoms with Gasteiger partial charge in [0.2, 0.25) is 0 Å². The second-order valence-electron chi connectivity index (χ2n) is 4.79. The van der Waals surface area contributed by atoms with E-state index in [2.05, 4.69) is 0 Å². The van der Waals surface area contributed by atoms with Crippen molar-refractivity contribution in [3.05, 3.63) is 52.6 Å². The molecular weight excluding hydrogens is 358 g/mol. The molecule has 2 rings (SSSR count). The summed E-state index contributed by atoms with van der Waals surface area (Å²) in [6.07, 6.45) is 0. The molecule has 0 aliphatic heterocycles. The van der Waals surface area contributed by atoms with Crippen LogP contribution in [0.5, 0.6) is 5.75 Å². The maximum Gasteiger partial charge on any atom is 0.342 e. The lowest BCUT2D eigenvalue weighted by Crippen LogP contribution is -2.22. The second-order valence-corrected chi connectivity index (χ2v) is 5.20. The molecule has 1 amide bonds. The molecule has 0 fully saturated rings. The van der Waals surface area contributed by atoms with Gasteiger partial charge in [-0.3, -0.25) is 4.79 Å².